The zero-order valence-corrected chi connectivity index (χ0v) is 11.0. The molecule has 1 saturated heterocycles. The molecule has 0 radical (unpaired) electrons. The molecule has 1 aliphatic rings. The third-order valence-corrected chi connectivity index (χ3v) is 4.12. The van der Waals surface area contributed by atoms with Crippen LogP contribution in [0.15, 0.2) is 0 Å². The normalized spacial score (nSPS) is 21.8. The minimum Gasteiger partial charge on any atom is -0.377 e. The number of halogens is 2. The van der Waals surface area contributed by atoms with Crippen LogP contribution < -0.4 is 0 Å². The van der Waals surface area contributed by atoms with Crippen LogP contribution in [-0.2, 0) is 4.74 Å². The number of rotatable bonds is 4. The van der Waals surface area contributed by atoms with E-state index in [1.54, 1.807) is 0 Å². The highest BCUT2D eigenvalue weighted by atomic mass is 127. The monoisotopic (exact) mass is 381 g/mol. The largest absolute Gasteiger partial charge is 0.377 e. The van der Waals surface area contributed by atoms with Crippen molar-refractivity contribution in [1.82, 2.24) is 4.90 Å². The molecule has 0 aromatic carbocycles. The van der Waals surface area contributed by atoms with E-state index in [0.29, 0.717) is 5.54 Å². The Hall–Kier alpha value is 1.38. The van der Waals surface area contributed by atoms with Crippen molar-refractivity contribution in [3.8, 4) is 0 Å². The van der Waals surface area contributed by atoms with Crippen molar-refractivity contribution in [2.75, 3.05) is 35.7 Å². The van der Waals surface area contributed by atoms with E-state index in [4.69, 9.17) is 4.74 Å². The minimum absolute atomic E-state index is 0.367. The summed E-state index contributed by atoms with van der Waals surface area (Å²) in [5, 5.41) is 0. The summed E-state index contributed by atoms with van der Waals surface area (Å²) < 4.78 is 7.63. The molecule has 0 atom stereocenters. The van der Waals surface area contributed by atoms with Gasteiger partial charge in [-0.05, 0) is 7.05 Å². The summed E-state index contributed by atoms with van der Waals surface area (Å²) in [5.41, 5.74) is 0.367. The number of hydrogen-bond donors (Lipinski definition) is 0. The van der Waals surface area contributed by atoms with Crippen LogP contribution in [0.4, 0.5) is 0 Å². The Balaban J connectivity index is 2.40. The van der Waals surface area contributed by atoms with E-state index in [9.17, 15) is 0 Å². The molecule has 1 heterocycles. The summed E-state index contributed by atoms with van der Waals surface area (Å²) in [6.45, 7) is 3.01. The van der Waals surface area contributed by atoms with E-state index < -0.39 is 0 Å². The van der Waals surface area contributed by atoms with Gasteiger partial charge in [0.25, 0.3) is 0 Å². The number of likely N-dealkylation sites (N-methyl/N-ethyl adjacent to an activating group) is 1. The van der Waals surface area contributed by atoms with Crippen molar-refractivity contribution in [2.45, 2.75) is 5.54 Å². The number of alkyl halides is 2. The van der Waals surface area contributed by atoms with Crippen LogP contribution >= 0.6 is 45.2 Å². The first-order valence-electron chi connectivity index (χ1n) is 3.66. The number of hydrogen-bond acceptors (Lipinski definition) is 2. The molecule has 0 N–H and O–H groups in total. The van der Waals surface area contributed by atoms with Gasteiger partial charge in [-0.2, -0.15) is 0 Å². The highest BCUT2D eigenvalue weighted by Gasteiger charge is 2.40. The summed E-state index contributed by atoms with van der Waals surface area (Å²) in [6.07, 6.45) is 0. The smallest absolute Gasteiger partial charge is 0.0766 e. The summed E-state index contributed by atoms with van der Waals surface area (Å²) in [7, 11) is 2.19. The van der Waals surface area contributed by atoms with Gasteiger partial charge in [-0.15, -0.1) is 0 Å². The summed E-state index contributed by atoms with van der Waals surface area (Å²) >= 11 is 4.86. The van der Waals surface area contributed by atoms with Crippen molar-refractivity contribution in [3.05, 3.63) is 0 Å². The second-order valence-corrected chi connectivity index (χ2v) is 4.80. The summed E-state index contributed by atoms with van der Waals surface area (Å²) in [5.74, 6) is 0. The number of ether oxygens (including phenoxy) is 1. The molecule has 1 rings (SSSR count). The quantitative estimate of drug-likeness (QED) is 0.542. The fourth-order valence-corrected chi connectivity index (χ4v) is 2.85. The molecule has 66 valence electrons. The molecular formula is C7H13I2NO. The van der Waals surface area contributed by atoms with Crippen LogP contribution in [0.2, 0.25) is 0 Å². The van der Waals surface area contributed by atoms with E-state index in [-0.39, 0.29) is 0 Å². The van der Waals surface area contributed by atoms with Gasteiger partial charge in [0.15, 0.2) is 0 Å². The van der Waals surface area contributed by atoms with Gasteiger partial charge < -0.3 is 4.74 Å². The third-order valence-electron chi connectivity index (χ3n) is 2.22. The zero-order chi connectivity index (χ0) is 8.32. The molecule has 11 heavy (non-hydrogen) atoms. The molecule has 0 aliphatic carbocycles. The molecule has 0 unspecified atom stereocenters. The Morgan fingerprint density at radius 1 is 1.45 bits per heavy atom. The van der Waals surface area contributed by atoms with Crippen molar-refractivity contribution >= 4 is 45.2 Å². The first kappa shape index (κ1) is 10.5. The average Bonchev–Trinajstić information content (AvgIpc) is 1.87. The molecule has 0 saturated carbocycles. The van der Waals surface area contributed by atoms with Gasteiger partial charge in [-0.1, -0.05) is 45.2 Å². The van der Waals surface area contributed by atoms with Gasteiger partial charge in [0, 0.05) is 15.4 Å². The van der Waals surface area contributed by atoms with Crippen molar-refractivity contribution < 1.29 is 4.74 Å². The van der Waals surface area contributed by atoms with Crippen molar-refractivity contribution in [3.63, 3.8) is 0 Å². The van der Waals surface area contributed by atoms with Crippen molar-refractivity contribution in [1.29, 1.82) is 0 Å². The Labute approximate surface area is 95.3 Å². The van der Waals surface area contributed by atoms with E-state index in [2.05, 4.69) is 57.1 Å². The lowest BCUT2D eigenvalue weighted by molar-refractivity contribution is -0.115. The van der Waals surface area contributed by atoms with E-state index in [1.807, 2.05) is 0 Å². The molecule has 0 aromatic rings. The SMILES string of the molecule is CN(CCI)C1(CI)COC1. The molecule has 1 aliphatic heterocycles. The van der Waals surface area contributed by atoms with Crippen molar-refractivity contribution in [2.24, 2.45) is 0 Å². The van der Waals surface area contributed by atoms with Crippen LogP contribution in [0.3, 0.4) is 0 Å². The molecule has 0 bridgehead atoms. The zero-order valence-electron chi connectivity index (χ0n) is 6.65. The maximum Gasteiger partial charge on any atom is 0.0766 e. The average molecular weight is 381 g/mol. The molecule has 0 amide bonds. The molecule has 0 aromatic heterocycles. The third kappa shape index (κ3) is 2.19. The molecule has 2 nitrogen and oxygen atoms in total. The van der Waals surface area contributed by atoms with Gasteiger partial charge in [-0.25, -0.2) is 0 Å². The van der Waals surface area contributed by atoms with Crippen LogP contribution in [0.5, 0.6) is 0 Å². The lowest BCUT2D eigenvalue weighted by atomic mass is 9.99. The molecule has 4 heteroatoms. The predicted octanol–water partition coefficient (Wildman–Crippen LogP) is 1.56. The first-order valence-corrected chi connectivity index (χ1v) is 6.71. The fraction of sp³-hybridized carbons (Fsp3) is 1.00. The minimum atomic E-state index is 0.367. The highest BCUT2D eigenvalue weighted by Crippen LogP contribution is 2.25. The van der Waals surface area contributed by atoms with E-state index in [0.717, 1.165) is 13.2 Å². The van der Waals surface area contributed by atoms with Crippen LogP contribution in [0, 0.1) is 0 Å². The Morgan fingerprint density at radius 2 is 2.09 bits per heavy atom. The Kier molecular flexibility index (Phi) is 4.35. The van der Waals surface area contributed by atoms with Gasteiger partial charge in [0.05, 0.1) is 18.8 Å². The van der Waals surface area contributed by atoms with E-state index >= 15 is 0 Å². The van der Waals surface area contributed by atoms with Gasteiger partial charge in [-0.3, -0.25) is 4.90 Å². The standard InChI is InChI=1S/C7H13I2NO/c1-10(3-2-8)7(4-9)5-11-6-7/h2-6H2,1H3. The fourth-order valence-electron chi connectivity index (χ4n) is 1.10. The summed E-state index contributed by atoms with van der Waals surface area (Å²) in [4.78, 5) is 2.43. The predicted molar refractivity (Wildman–Crippen MR) is 64.0 cm³/mol. The second kappa shape index (κ2) is 4.57. The first-order chi connectivity index (χ1) is 5.25. The van der Waals surface area contributed by atoms with Crippen LogP contribution in [0.25, 0.3) is 0 Å². The Morgan fingerprint density at radius 3 is 2.36 bits per heavy atom. The van der Waals surface area contributed by atoms with Crippen LogP contribution in [-0.4, -0.2) is 46.1 Å². The topological polar surface area (TPSA) is 12.5 Å². The molecular weight excluding hydrogens is 368 g/mol. The van der Waals surface area contributed by atoms with Gasteiger partial charge >= 0.3 is 0 Å². The molecule has 0 spiro atoms. The number of nitrogens with zero attached hydrogens (tertiary/aromatic N) is 1. The lowest BCUT2D eigenvalue weighted by Gasteiger charge is -2.47. The summed E-state index contributed by atoms with van der Waals surface area (Å²) in [6, 6.07) is 0. The Bertz CT molecular complexity index is 122. The second-order valence-electron chi connectivity index (χ2n) is 2.96. The maximum absolute atomic E-state index is 5.25. The maximum atomic E-state index is 5.25. The van der Waals surface area contributed by atoms with Gasteiger partial charge in [0.1, 0.15) is 0 Å². The highest BCUT2D eigenvalue weighted by molar-refractivity contribution is 14.1. The lowest BCUT2D eigenvalue weighted by Crippen LogP contribution is -2.62. The van der Waals surface area contributed by atoms with Crippen LogP contribution in [0.1, 0.15) is 0 Å². The van der Waals surface area contributed by atoms with E-state index in [1.165, 1.54) is 15.4 Å². The van der Waals surface area contributed by atoms with Gasteiger partial charge in [0.2, 0.25) is 0 Å². The molecule has 1 fully saturated rings.